The summed E-state index contributed by atoms with van der Waals surface area (Å²) in [6.45, 7) is 3.46. The largest absolute Gasteiger partial charge is 0.365 e. The van der Waals surface area contributed by atoms with Crippen LogP contribution < -0.4 is 5.32 Å². The lowest BCUT2D eigenvalue weighted by atomic mass is 10.0. The maximum Gasteiger partial charge on any atom is 0.249 e. The van der Waals surface area contributed by atoms with Crippen molar-refractivity contribution in [3.8, 4) is 0 Å². The molecule has 1 N–H and O–H groups in total. The van der Waals surface area contributed by atoms with E-state index < -0.39 is 11.6 Å². The van der Waals surface area contributed by atoms with E-state index in [0.717, 1.165) is 12.1 Å². The van der Waals surface area contributed by atoms with E-state index in [4.69, 9.17) is 4.74 Å². The van der Waals surface area contributed by atoms with Gasteiger partial charge in [0.25, 0.3) is 0 Å². The maximum atomic E-state index is 13.6. The van der Waals surface area contributed by atoms with Crippen LogP contribution in [0, 0.1) is 11.6 Å². The standard InChI is InChI=1S/C24H24F2N2O2/c1-16(18-9-10-22(25)23(26)11-18)28-14-20(30-15-24(28)29)13-27-12-19-7-4-6-17-5-2-3-8-21(17)19/h2-11,16,20,27H,12-15H2,1H3. The first kappa shape index (κ1) is 20.4. The topological polar surface area (TPSA) is 41.6 Å². The molecule has 0 aromatic heterocycles. The van der Waals surface area contributed by atoms with Crippen LogP contribution in [0.1, 0.15) is 24.1 Å². The third-order valence-electron chi connectivity index (χ3n) is 5.62. The van der Waals surface area contributed by atoms with Crippen molar-refractivity contribution in [2.45, 2.75) is 25.6 Å². The third kappa shape index (κ3) is 4.35. The highest BCUT2D eigenvalue weighted by Crippen LogP contribution is 2.25. The Morgan fingerprint density at radius 2 is 1.90 bits per heavy atom. The first-order valence-corrected chi connectivity index (χ1v) is 10.1. The van der Waals surface area contributed by atoms with E-state index in [9.17, 15) is 13.6 Å². The van der Waals surface area contributed by atoms with Gasteiger partial charge < -0.3 is 15.0 Å². The van der Waals surface area contributed by atoms with Crippen molar-refractivity contribution in [3.05, 3.63) is 83.4 Å². The molecule has 30 heavy (non-hydrogen) atoms. The minimum absolute atomic E-state index is 0.0192. The molecule has 4 nitrogen and oxygen atoms in total. The molecule has 1 heterocycles. The molecule has 4 rings (SSSR count). The molecule has 3 aromatic carbocycles. The fourth-order valence-corrected chi connectivity index (χ4v) is 3.91. The number of hydrogen-bond donors (Lipinski definition) is 1. The quantitative estimate of drug-likeness (QED) is 0.662. The fourth-order valence-electron chi connectivity index (χ4n) is 3.91. The molecule has 0 bridgehead atoms. The van der Waals surface area contributed by atoms with E-state index in [1.807, 2.05) is 25.1 Å². The molecular weight excluding hydrogens is 386 g/mol. The summed E-state index contributed by atoms with van der Waals surface area (Å²) >= 11 is 0. The Kier molecular flexibility index (Phi) is 6.06. The van der Waals surface area contributed by atoms with Gasteiger partial charge in [0, 0.05) is 19.6 Å². The lowest BCUT2D eigenvalue weighted by Crippen LogP contribution is -2.50. The Hall–Kier alpha value is -2.83. The monoisotopic (exact) mass is 410 g/mol. The van der Waals surface area contributed by atoms with Crippen molar-refractivity contribution in [2.24, 2.45) is 0 Å². The molecule has 3 aromatic rings. The van der Waals surface area contributed by atoms with Crippen molar-refractivity contribution in [2.75, 3.05) is 19.7 Å². The molecule has 1 aliphatic heterocycles. The van der Waals surface area contributed by atoms with E-state index >= 15 is 0 Å². The van der Waals surface area contributed by atoms with Gasteiger partial charge in [-0.1, -0.05) is 48.5 Å². The molecule has 156 valence electrons. The van der Waals surface area contributed by atoms with Crippen LogP contribution in [0.15, 0.2) is 60.7 Å². The van der Waals surface area contributed by atoms with E-state index in [1.165, 1.54) is 22.4 Å². The van der Waals surface area contributed by atoms with Crippen LogP contribution in [0.4, 0.5) is 8.78 Å². The van der Waals surface area contributed by atoms with Crippen LogP contribution in [0.25, 0.3) is 10.8 Å². The number of benzene rings is 3. The number of nitrogens with zero attached hydrogens (tertiary/aromatic N) is 1. The number of amides is 1. The summed E-state index contributed by atoms with van der Waals surface area (Å²) in [6, 6.07) is 17.9. The number of nitrogens with one attached hydrogen (secondary N) is 1. The Morgan fingerprint density at radius 1 is 1.10 bits per heavy atom. The summed E-state index contributed by atoms with van der Waals surface area (Å²) in [5.74, 6) is -1.96. The second-order valence-corrected chi connectivity index (χ2v) is 7.60. The molecule has 0 spiro atoms. The average Bonchev–Trinajstić information content (AvgIpc) is 2.76. The van der Waals surface area contributed by atoms with Crippen LogP contribution in [0.3, 0.4) is 0 Å². The number of ether oxygens (including phenoxy) is 1. The summed E-state index contributed by atoms with van der Waals surface area (Å²) < 4.78 is 32.5. The van der Waals surface area contributed by atoms with E-state index in [2.05, 4.69) is 29.6 Å². The Morgan fingerprint density at radius 3 is 2.73 bits per heavy atom. The number of halogens is 2. The molecule has 1 amide bonds. The van der Waals surface area contributed by atoms with E-state index in [-0.39, 0.29) is 24.7 Å². The first-order valence-electron chi connectivity index (χ1n) is 10.1. The third-order valence-corrected chi connectivity index (χ3v) is 5.62. The molecule has 0 aliphatic carbocycles. The number of rotatable bonds is 6. The van der Waals surface area contributed by atoms with Gasteiger partial charge in [-0.2, -0.15) is 0 Å². The zero-order chi connectivity index (χ0) is 21.1. The molecule has 0 radical (unpaired) electrons. The van der Waals surface area contributed by atoms with Gasteiger partial charge in [0.2, 0.25) is 5.91 Å². The van der Waals surface area contributed by atoms with Crippen LogP contribution in [0.2, 0.25) is 0 Å². The fraction of sp³-hybridized carbons (Fsp3) is 0.292. The number of carbonyl (C=O) groups is 1. The molecule has 6 heteroatoms. The van der Waals surface area contributed by atoms with Crippen LogP contribution in [-0.2, 0) is 16.1 Å². The van der Waals surface area contributed by atoms with E-state index in [1.54, 1.807) is 4.90 Å². The van der Waals surface area contributed by atoms with Gasteiger partial charge in [-0.25, -0.2) is 8.78 Å². The van der Waals surface area contributed by atoms with Crippen molar-refractivity contribution in [3.63, 3.8) is 0 Å². The highest BCUT2D eigenvalue weighted by atomic mass is 19.2. The predicted molar refractivity (Wildman–Crippen MR) is 112 cm³/mol. The number of morpholine rings is 1. The number of carbonyl (C=O) groups excluding carboxylic acids is 1. The van der Waals surface area contributed by atoms with Crippen LogP contribution in [-0.4, -0.2) is 36.6 Å². The molecule has 1 fully saturated rings. The summed E-state index contributed by atoms with van der Waals surface area (Å²) in [6.07, 6.45) is -0.176. The smallest absolute Gasteiger partial charge is 0.249 e. The molecule has 2 unspecified atom stereocenters. The lowest BCUT2D eigenvalue weighted by Gasteiger charge is -2.37. The summed E-state index contributed by atoms with van der Waals surface area (Å²) in [5.41, 5.74) is 1.76. The van der Waals surface area contributed by atoms with Crippen LogP contribution in [0.5, 0.6) is 0 Å². The second kappa shape index (κ2) is 8.90. The Labute approximate surface area is 174 Å². The number of hydrogen-bond acceptors (Lipinski definition) is 3. The highest BCUT2D eigenvalue weighted by Gasteiger charge is 2.30. The zero-order valence-corrected chi connectivity index (χ0v) is 16.8. The normalized spacial score (nSPS) is 18.0. The van der Waals surface area contributed by atoms with Crippen molar-refractivity contribution < 1.29 is 18.3 Å². The van der Waals surface area contributed by atoms with Crippen molar-refractivity contribution >= 4 is 16.7 Å². The highest BCUT2D eigenvalue weighted by molar-refractivity contribution is 5.85. The molecule has 2 atom stereocenters. The summed E-state index contributed by atoms with van der Waals surface area (Å²) in [5, 5.41) is 5.83. The number of fused-ring (bicyclic) bond motifs is 1. The second-order valence-electron chi connectivity index (χ2n) is 7.60. The molecule has 1 saturated heterocycles. The minimum Gasteiger partial charge on any atom is -0.365 e. The van der Waals surface area contributed by atoms with Gasteiger partial charge in [-0.15, -0.1) is 0 Å². The van der Waals surface area contributed by atoms with Gasteiger partial charge in [0.15, 0.2) is 11.6 Å². The van der Waals surface area contributed by atoms with Gasteiger partial charge in [0.1, 0.15) is 6.61 Å². The van der Waals surface area contributed by atoms with Crippen molar-refractivity contribution in [1.29, 1.82) is 0 Å². The molecular formula is C24H24F2N2O2. The first-order chi connectivity index (χ1) is 14.5. The maximum absolute atomic E-state index is 13.6. The van der Waals surface area contributed by atoms with Gasteiger partial charge in [-0.3, -0.25) is 4.79 Å². The van der Waals surface area contributed by atoms with E-state index in [0.29, 0.717) is 25.2 Å². The summed E-state index contributed by atoms with van der Waals surface area (Å²) in [4.78, 5) is 14.0. The van der Waals surface area contributed by atoms with Gasteiger partial charge >= 0.3 is 0 Å². The van der Waals surface area contributed by atoms with Crippen LogP contribution >= 0.6 is 0 Å². The Bertz CT molecular complexity index is 1050. The lowest BCUT2D eigenvalue weighted by molar-refractivity contribution is -0.151. The molecule has 0 saturated carbocycles. The SMILES string of the molecule is CC(c1ccc(F)c(F)c1)N1CC(CNCc2cccc3ccccc23)OCC1=O. The van der Waals surface area contributed by atoms with Gasteiger partial charge in [0.05, 0.1) is 12.1 Å². The van der Waals surface area contributed by atoms with Gasteiger partial charge in [-0.05, 0) is 41.0 Å². The zero-order valence-electron chi connectivity index (χ0n) is 16.8. The summed E-state index contributed by atoms with van der Waals surface area (Å²) in [7, 11) is 0. The Balaban J connectivity index is 1.38. The van der Waals surface area contributed by atoms with Crippen molar-refractivity contribution in [1.82, 2.24) is 10.2 Å². The predicted octanol–water partition coefficient (Wildman–Crippen LogP) is 4.20. The average molecular weight is 410 g/mol. The molecule has 1 aliphatic rings. The minimum atomic E-state index is -0.909.